The first-order chi connectivity index (χ1) is 5.40. The summed E-state index contributed by atoms with van der Waals surface area (Å²) in [4.78, 5) is 7.46. The molecule has 0 aromatic carbocycles. The van der Waals surface area contributed by atoms with Crippen molar-refractivity contribution in [2.45, 2.75) is 13.3 Å². The largest absolute Gasteiger partial charge is 0.396 e. The van der Waals surface area contributed by atoms with E-state index < -0.39 is 0 Å². The van der Waals surface area contributed by atoms with Crippen molar-refractivity contribution < 1.29 is 4.84 Å². The first kappa shape index (κ1) is 7.10. The maximum Gasteiger partial charge on any atom is 0.114 e. The molecule has 11 heavy (non-hydrogen) atoms. The van der Waals surface area contributed by atoms with Crippen LogP contribution in [0.1, 0.15) is 13.3 Å². The fourth-order valence-electron chi connectivity index (χ4n) is 1.86. The van der Waals surface area contributed by atoms with E-state index in [2.05, 4.69) is 10.1 Å². The van der Waals surface area contributed by atoms with E-state index in [4.69, 9.17) is 4.84 Å². The smallest absolute Gasteiger partial charge is 0.114 e. The summed E-state index contributed by atoms with van der Waals surface area (Å²) in [7, 11) is 0. The van der Waals surface area contributed by atoms with Crippen LogP contribution >= 0.6 is 0 Å². The summed E-state index contributed by atoms with van der Waals surface area (Å²) < 4.78 is 0. The lowest BCUT2D eigenvalue weighted by atomic mass is 10.0. The molecule has 0 radical (unpaired) electrons. The Hall–Kier alpha value is -0.570. The van der Waals surface area contributed by atoms with Crippen LogP contribution in [-0.4, -0.2) is 36.9 Å². The van der Waals surface area contributed by atoms with Gasteiger partial charge in [0.25, 0.3) is 0 Å². The molecule has 2 aliphatic heterocycles. The molecule has 0 amide bonds. The molecule has 2 aliphatic rings. The third-order valence-electron chi connectivity index (χ3n) is 2.44. The van der Waals surface area contributed by atoms with Gasteiger partial charge in [-0.2, -0.15) is 0 Å². The number of hydrogen-bond donors (Lipinski definition) is 0. The number of fused-ring (bicyclic) bond motifs is 2. The van der Waals surface area contributed by atoms with E-state index >= 15 is 0 Å². The van der Waals surface area contributed by atoms with E-state index in [0.29, 0.717) is 12.5 Å². The highest BCUT2D eigenvalue weighted by Gasteiger charge is 2.35. The van der Waals surface area contributed by atoms with Crippen molar-refractivity contribution in [2.75, 3.05) is 26.2 Å². The van der Waals surface area contributed by atoms with Crippen LogP contribution in [-0.2, 0) is 4.84 Å². The fraction of sp³-hybridized carbons (Fsp3) is 0.875. The number of hydrogen-bond acceptors (Lipinski definition) is 3. The van der Waals surface area contributed by atoms with Crippen LogP contribution in [0.15, 0.2) is 5.16 Å². The Kier molecular flexibility index (Phi) is 1.82. The summed E-state index contributed by atoms with van der Waals surface area (Å²) in [5, 5.41) is 4.10. The van der Waals surface area contributed by atoms with E-state index in [1.165, 1.54) is 25.2 Å². The van der Waals surface area contributed by atoms with Crippen LogP contribution in [0.3, 0.4) is 0 Å². The lowest BCUT2D eigenvalue weighted by Crippen LogP contribution is -2.23. The van der Waals surface area contributed by atoms with Gasteiger partial charge >= 0.3 is 0 Å². The second kappa shape index (κ2) is 2.81. The summed E-state index contributed by atoms with van der Waals surface area (Å²) >= 11 is 0. The van der Waals surface area contributed by atoms with Gasteiger partial charge < -0.3 is 4.84 Å². The first-order valence-electron chi connectivity index (χ1n) is 4.31. The van der Waals surface area contributed by atoms with Crippen LogP contribution in [0.4, 0.5) is 0 Å². The molecule has 0 saturated carbocycles. The molecule has 2 bridgehead atoms. The second-order valence-electron chi connectivity index (χ2n) is 3.22. The van der Waals surface area contributed by atoms with E-state index in [0.717, 1.165) is 6.54 Å². The lowest BCUT2D eigenvalue weighted by molar-refractivity contribution is 0.156. The van der Waals surface area contributed by atoms with Crippen molar-refractivity contribution in [3.8, 4) is 0 Å². The van der Waals surface area contributed by atoms with Crippen molar-refractivity contribution in [2.24, 2.45) is 11.1 Å². The average Bonchev–Trinajstić information content (AvgIpc) is 2.60. The second-order valence-corrected chi connectivity index (χ2v) is 3.22. The zero-order valence-electron chi connectivity index (χ0n) is 6.92. The molecule has 0 aliphatic carbocycles. The van der Waals surface area contributed by atoms with E-state index in [-0.39, 0.29) is 0 Å². The molecule has 3 heteroatoms. The summed E-state index contributed by atoms with van der Waals surface area (Å²) in [6.45, 7) is 6.18. The normalized spacial score (nSPS) is 38.5. The summed E-state index contributed by atoms with van der Waals surface area (Å²) in [6.07, 6.45) is 1.28. The van der Waals surface area contributed by atoms with Crippen LogP contribution in [0.25, 0.3) is 0 Å². The molecule has 0 aromatic heterocycles. The summed E-state index contributed by atoms with van der Waals surface area (Å²) in [6, 6.07) is 0. The molecular weight excluding hydrogens is 140 g/mol. The number of nitrogens with zero attached hydrogens (tertiary/aromatic N) is 2. The summed E-state index contributed by atoms with van der Waals surface area (Å²) in [5.74, 6) is 0.710. The zero-order chi connectivity index (χ0) is 7.68. The van der Waals surface area contributed by atoms with Crippen LogP contribution < -0.4 is 0 Å². The highest BCUT2D eigenvalue weighted by Crippen LogP contribution is 2.25. The molecule has 0 spiro atoms. The molecule has 2 unspecified atom stereocenters. The Morgan fingerprint density at radius 2 is 2.64 bits per heavy atom. The standard InChI is InChI=1S/C8H14N2O/c1-2-11-9-8-6-10-4-3-7(8)5-10/h7H,2-6H2,1H3/b9-8+. The Morgan fingerprint density at radius 1 is 1.73 bits per heavy atom. The zero-order valence-corrected chi connectivity index (χ0v) is 6.92. The molecule has 2 heterocycles. The van der Waals surface area contributed by atoms with Crippen molar-refractivity contribution in [1.29, 1.82) is 0 Å². The van der Waals surface area contributed by atoms with Crippen molar-refractivity contribution in [3.05, 3.63) is 0 Å². The molecule has 2 saturated heterocycles. The highest BCUT2D eigenvalue weighted by atomic mass is 16.6. The third kappa shape index (κ3) is 1.25. The summed E-state index contributed by atoms with van der Waals surface area (Å²) in [5.41, 5.74) is 1.26. The number of piperidine rings is 1. The molecule has 0 aromatic rings. The van der Waals surface area contributed by atoms with Gasteiger partial charge in [0, 0.05) is 19.0 Å². The fourth-order valence-corrected chi connectivity index (χ4v) is 1.86. The number of oxime groups is 1. The van der Waals surface area contributed by atoms with E-state index in [1.54, 1.807) is 0 Å². The molecule has 0 N–H and O–H groups in total. The Balaban J connectivity index is 1.96. The highest BCUT2D eigenvalue weighted by molar-refractivity contribution is 5.91. The van der Waals surface area contributed by atoms with Gasteiger partial charge in [0.2, 0.25) is 0 Å². The molecule has 2 fully saturated rings. The Bertz CT molecular complexity index is 179. The maximum atomic E-state index is 5.03. The van der Waals surface area contributed by atoms with Gasteiger partial charge in [-0.3, -0.25) is 4.90 Å². The number of rotatable bonds is 2. The molecule has 3 nitrogen and oxygen atoms in total. The maximum absolute atomic E-state index is 5.03. The van der Waals surface area contributed by atoms with Crippen LogP contribution in [0, 0.1) is 5.92 Å². The average molecular weight is 154 g/mol. The van der Waals surface area contributed by atoms with Gasteiger partial charge in [-0.05, 0) is 19.9 Å². The van der Waals surface area contributed by atoms with Gasteiger partial charge in [0.15, 0.2) is 0 Å². The topological polar surface area (TPSA) is 24.8 Å². The monoisotopic (exact) mass is 154 g/mol. The van der Waals surface area contributed by atoms with Gasteiger partial charge in [-0.1, -0.05) is 5.16 Å². The minimum atomic E-state index is 0.691. The van der Waals surface area contributed by atoms with Gasteiger partial charge in [0.1, 0.15) is 6.61 Å². The quantitative estimate of drug-likeness (QED) is 0.547. The molecule has 2 atom stereocenters. The SMILES string of the molecule is CCO/N=C1\CN2CCC1C2. The van der Waals surface area contributed by atoms with Crippen molar-refractivity contribution >= 4 is 5.71 Å². The third-order valence-corrected chi connectivity index (χ3v) is 2.44. The van der Waals surface area contributed by atoms with Crippen molar-refractivity contribution in [3.63, 3.8) is 0 Å². The van der Waals surface area contributed by atoms with Crippen LogP contribution in [0.2, 0.25) is 0 Å². The molecular formula is C8H14N2O. The lowest BCUT2D eigenvalue weighted by Gasteiger charge is -2.12. The van der Waals surface area contributed by atoms with Crippen molar-refractivity contribution in [1.82, 2.24) is 4.90 Å². The van der Waals surface area contributed by atoms with E-state index in [9.17, 15) is 0 Å². The van der Waals surface area contributed by atoms with Gasteiger partial charge in [-0.25, -0.2) is 0 Å². The molecule has 62 valence electrons. The first-order valence-corrected chi connectivity index (χ1v) is 4.31. The Morgan fingerprint density at radius 3 is 3.18 bits per heavy atom. The Labute approximate surface area is 67.0 Å². The minimum absolute atomic E-state index is 0.691. The molecule has 2 rings (SSSR count). The minimum Gasteiger partial charge on any atom is -0.396 e. The van der Waals surface area contributed by atoms with Gasteiger partial charge in [-0.15, -0.1) is 0 Å². The predicted octanol–water partition coefficient (Wildman–Crippen LogP) is 0.714. The van der Waals surface area contributed by atoms with E-state index in [1.807, 2.05) is 6.92 Å². The van der Waals surface area contributed by atoms with Gasteiger partial charge in [0.05, 0.1) is 5.71 Å². The predicted molar refractivity (Wildman–Crippen MR) is 43.6 cm³/mol. The van der Waals surface area contributed by atoms with Crippen LogP contribution in [0.5, 0.6) is 0 Å².